The number of quaternary nitrogens is 1. The average molecular weight is 194 g/mol. The summed E-state index contributed by atoms with van der Waals surface area (Å²) in [6, 6.07) is 10.7. The van der Waals surface area contributed by atoms with Crippen molar-refractivity contribution in [3.05, 3.63) is 35.9 Å². The summed E-state index contributed by atoms with van der Waals surface area (Å²) in [5, 5.41) is 9.13. The molecule has 1 aromatic rings. The summed E-state index contributed by atoms with van der Waals surface area (Å²) in [5.41, 5.74) is 1.32. The van der Waals surface area contributed by atoms with Crippen molar-refractivity contribution < 1.29 is 9.59 Å². The Morgan fingerprint density at radius 3 is 2.29 bits per heavy atom. The molecule has 1 rings (SSSR count). The second-order valence-corrected chi connectivity index (χ2v) is 4.45. The number of benzene rings is 1. The van der Waals surface area contributed by atoms with E-state index in [1.54, 1.807) is 0 Å². The highest BCUT2D eigenvalue weighted by molar-refractivity contribution is 5.13. The van der Waals surface area contributed by atoms with Crippen LogP contribution in [0.4, 0.5) is 0 Å². The molecule has 0 heterocycles. The number of nitrogens with zero attached hydrogens (tertiary/aromatic N) is 1. The molecular formula is C12H20NO+. The first kappa shape index (κ1) is 11.2. The number of rotatable bonds is 4. The van der Waals surface area contributed by atoms with E-state index in [0.29, 0.717) is 0 Å². The van der Waals surface area contributed by atoms with Gasteiger partial charge in [-0.15, -0.1) is 0 Å². The van der Waals surface area contributed by atoms with Crippen LogP contribution < -0.4 is 0 Å². The summed E-state index contributed by atoms with van der Waals surface area (Å²) in [6.45, 7) is 3.27. The quantitative estimate of drug-likeness (QED) is 0.723. The molecule has 0 saturated carbocycles. The molecule has 14 heavy (non-hydrogen) atoms. The SMILES string of the molecule is CC(CO)[N+](C)(C)Cc1ccccc1. The normalized spacial score (nSPS) is 14.0. The smallest absolute Gasteiger partial charge is 0.109 e. The highest BCUT2D eigenvalue weighted by Crippen LogP contribution is 2.13. The minimum atomic E-state index is 0.236. The fraction of sp³-hybridized carbons (Fsp3) is 0.500. The Balaban J connectivity index is 2.68. The van der Waals surface area contributed by atoms with Crippen LogP contribution >= 0.6 is 0 Å². The number of hydrogen-bond donors (Lipinski definition) is 1. The summed E-state index contributed by atoms with van der Waals surface area (Å²) < 4.78 is 0.820. The molecule has 0 radical (unpaired) electrons. The lowest BCUT2D eigenvalue weighted by Gasteiger charge is -2.35. The van der Waals surface area contributed by atoms with Gasteiger partial charge in [0.2, 0.25) is 0 Å². The summed E-state index contributed by atoms with van der Waals surface area (Å²) in [4.78, 5) is 0. The average Bonchev–Trinajstić information content (AvgIpc) is 2.17. The summed E-state index contributed by atoms with van der Waals surface area (Å²) >= 11 is 0. The van der Waals surface area contributed by atoms with Gasteiger partial charge >= 0.3 is 0 Å². The van der Waals surface area contributed by atoms with E-state index in [1.165, 1.54) is 5.56 Å². The van der Waals surface area contributed by atoms with Gasteiger partial charge in [0.1, 0.15) is 12.6 Å². The monoisotopic (exact) mass is 194 g/mol. The number of aliphatic hydroxyl groups is 1. The molecule has 0 aliphatic rings. The molecule has 1 unspecified atom stereocenters. The zero-order valence-corrected chi connectivity index (χ0v) is 9.27. The molecule has 0 bridgehead atoms. The van der Waals surface area contributed by atoms with Crippen LogP contribution in [0.15, 0.2) is 30.3 Å². The predicted octanol–water partition coefficient (Wildman–Crippen LogP) is 1.64. The zero-order chi connectivity index (χ0) is 10.6. The number of aliphatic hydroxyl groups excluding tert-OH is 1. The maximum absolute atomic E-state index is 9.13. The summed E-state index contributed by atoms with van der Waals surface area (Å²) in [6.07, 6.45) is 0. The Hall–Kier alpha value is -0.860. The van der Waals surface area contributed by atoms with Gasteiger partial charge in [-0.3, -0.25) is 0 Å². The molecule has 0 amide bonds. The Labute approximate surface area is 86.4 Å². The fourth-order valence-corrected chi connectivity index (χ4v) is 1.43. The standard InChI is InChI=1S/C12H20NO/c1-11(10-14)13(2,3)9-12-7-5-4-6-8-12/h4-8,11,14H,9-10H2,1-3H3/q+1. The van der Waals surface area contributed by atoms with Gasteiger partial charge in [-0.25, -0.2) is 0 Å². The van der Waals surface area contributed by atoms with Crippen molar-refractivity contribution in [3.63, 3.8) is 0 Å². The highest BCUT2D eigenvalue weighted by Gasteiger charge is 2.23. The van der Waals surface area contributed by atoms with Crippen LogP contribution in [0, 0.1) is 0 Å². The van der Waals surface area contributed by atoms with Gasteiger partial charge in [-0.1, -0.05) is 30.3 Å². The molecule has 2 heteroatoms. The lowest BCUT2D eigenvalue weighted by atomic mass is 10.1. The lowest BCUT2D eigenvalue weighted by Crippen LogP contribution is -2.48. The van der Waals surface area contributed by atoms with E-state index in [4.69, 9.17) is 5.11 Å². The van der Waals surface area contributed by atoms with E-state index in [1.807, 2.05) is 6.07 Å². The Morgan fingerprint density at radius 2 is 1.79 bits per heavy atom. The third-order valence-electron chi connectivity index (χ3n) is 2.89. The zero-order valence-electron chi connectivity index (χ0n) is 9.27. The Bertz CT molecular complexity index is 269. The van der Waals surface area contributed by atoms with Crippen molar-refractivity contribution >= 4 is 0 Å². The third-order valence-corrected chi connectivity index (χ3v) is 2.89. The molecule has 1 atom stereocenters. The minimum absolute atomic E-state index is 0.236. The lowest BCUT2D eigenvalue weighted by molar-refractivity contribution is -0.926. The molecule has 2 nitrogen and oxygen atoms in total. The van der Waals surface area contributed by atoms with Crippen molar-refractivity contribution in [1.82, 2.24) is 0 Å². The summed E-state index contributed by atoms with van der Waals surface area (Å²) in [5.74, 6) is 0. The van der Waals surface area contributed by atoms with Crippen LogP contribution in [0.25, 0.3) is 0 Å². The van der Waals surface area contributed by atoms with Crippen LogP contribution in [0.3, 0.4) is 0 Å². The van der Waals surface area contributed by atoms with Crippen LogP contribution in [-0.2, 0) is 6.54 Å². The van der Waals surface area contributed by atoms with E-state index < -0.39 is 0 Å². The van der Waals surface area contributed by atoms with Crippen LogP contribution in [0.2, 0.25) is 0 Å². The van der Waals surface area contributed by atoms with Gasteiger partial charge in [0.25, 0.3) is 0 Å². The third kappa shape index (κ3) is 2.82. The molecule has 1 N–H and O–H groups in total. The first-order valence-electron chi connectivity index (χ1n) is 5.03. The Morgan fingerprint density at radius 1 is 1.21 bits per heavy atom. The van der Waals surface area contributed by atoms with Gasteiger partial charge in [0, 0.05) is 5.56 Å². The number of likely N-dealkylation sites (N-methyl/N-ethyl adjacent to an activating group) is 1. The first-order valence-corrected chi connectivity index (χ1v) is 5.03. The topological polar surface area (TPSA) is 20.2 Å². The van der Waals surface area contributed by atoms with Crippen molar-refractivity contribution in [2.45, 2.75) is 19.5 Å². The second kappa shape index (κ2) is 4.58. The molecule has 0 aromatic heterocycles. The van der Waals surface area contributed by atoms with Crippen molar-refractivity contribution in [1.29, 1.82) is 0 Å². The number of hydrogen-bond acceptors (Lipinski definition) is 1. The van der Waals surface area contributed by atoms with Gasteiger partial charge in [-0.05, 0) is 6.92 Å². The van der Waals surface area contributed by atoms with Gasteiger partial charge < -0.3 is 9.59 Å². The van der Waals surface area contributed by atoms with Crippen LogP contribution in [0.5, 0.6) is 0 Å². The van der Waals surface area contributed by atoms with Crippen molar-refractivity contribution in [2.24, 2.45) is 0 Å². The van der Waals surface area contributed by atoms with Gasteiger partial charge in [0.15, 0.2) is 0 Å². The molecule has 1 aromatic carbocycles. The Kier molecular flexibility index (Phi) is 3.67. The maximum atomic E-state index is 9.13. The molecule has 0 saturated heterocycles. The van der Waals surface area contributed by atoms with Crippen molar-refractivity contribution in [2.75, 3.05) is 20.7 Å². The maximum Gasteiger partial charge on any atom is 0.109 e. The molecule has 0 fully saturated rings. The molecule has 0 aliphatic heterocycles. The second-order valence-electron chi connectivity index (χ2n) is 4.45. The molecular weight excluding hydrogens is 174 g/mol. The predicted molar refractivity (Wildman–Crippen MR) is 58.8 cm³/mol. The van der Waals surface area contributed by atoms with Gasteiger partial charge in [0.05, 0.1) is 20.7 Å². The first-order chi connectivity index (χ1) is 6.56. The highest BCUT2D eigenvalue weighted by atomic mass is 16.3. The minimum Gasteiger partial charge on any atom is -0.390 e. The molecule has 78 valence electrons. The summed E-state index contributed by atoms with van der Waals surface area (Å²) in [7, 11) is 4.29. The molecule has 0 spiro atoms. The van der Waals surface area contributed by atoms with E-state index in [0.717, 1.165) is 11.0 Å². The van der Waals surface area contributed by atoms with Crippen LogP contribution in [0.1, 0.15) is 12.5 Å². The van der Waals surface area contributed by atoms with E-state index in [-0.39, 0.29) is 12.6 Å². The van der Waals surface area contributed by atoms with E-state index in [2.05, 4.69) is 45.3 Å². The van der Waals surface area contributed by atoms with Gasteiger partial charge in [-0.2, -0.15) is 0 Å². The van der Waals surface area contributed by atoms with Crippen LogP contribution in [-0.4, -0.2) is 36.3 Å². The largest absolute Gasteiger partial charge is 0.390 e. The van der Waals surface area contributed by atoms with E-state index in [9.17, 15) is 0 Å². The fourth-order valence-electron chi connectivity index (χ4n) is 1.43. The van der Waals surface area contributed by atoms with E-state index >= 15 is 0 Å². The van der Waals surface area contributed by atoms with Crippen molar-refractivity contribution in [3.8, 4) is 0 Å². The molecule has 0 aliphatic carbocycles.